The molecular weight excluding hydrogens is 180 g/mol. The molecule has 0 radical (unpaired) electrons. The van der Waals surface area contributed by atoms with Gasteiger partial charge in [0.1, 0.15) is 6.29 Å². The summed E-state index contributed by atoms with van der Waals surface area (Å²) in [5.41, 5.74) is -0.709. The van der Waals surface area contributed by atoms with Crippen LogP contribution in [0.2, 0.25) is 0 Å². The number of ether oxygens (including phenoxy) is 1. The Balaban J connectivity index is 2.38. The molecule has 0 unspecified atom stereocenters. The predicted octanol–water partition coefficient (Wildman–Crippen LogP) is -0.753. The zero-order valence-corrected chi connectivity index (χ0v) is 7.34. The van der Waals surface area contributed by atoms with Gasteiger partial charge in [0.25, 0.3) is 0 Å². The van der Waals surface area contributed by atoms with Gasteiger partial charge in [0.2, 0.25) is 0 Å². The Morgan fingerprint density at radius 1 is 1.50 bits per heavy atom. The van der Waals surface area contributed by atoms with Gasteiger partial charge in [-0.15, -0.1) is 0 Å². The average Bonchev–Trinajstić information content (AvgIpc) is 2.40. The van der Waals surface area contributed by atoms with E-state index in [0.717, 1.165) is 6.29 Å². The van der Waals surface area contributed by atoms with Crippen molar-refractivity contribution in [3.8, 4) is 0 Å². The van der Waals surface area contributed by atoms with Crippen molar-refractivity contribution in [3.63, 3.8) is 0 Å². The maximum Gasteiger partial charge on any atom is 0.151 e. The lowest BCUT2D eigenvalue weighted by Gasteiger charge is -2.15. The third-order valence-electron chi connectivity index (χ3n) is 2.68. The molecule has 0 amide bonds. The fourth-order valence-corrected chi connectivity index (χ4v) is 4.35. The summed E-state index contributed by atoms with van der Waals surface area (Å²) in [5.74, 6) is -0.0000926. The van der Waals surface area contributed by atoms with Crippen LogP contribution in [0.5, 0.6) is 0 Å². The Kier molecular flexibility index (Phi) is 1.56. The second-order valence-electron chi connectivity index (χ2n) is 3.62. The number of hydrogen-bond acceptors (Lipinski definition) is 4. The Hall–Kier alpha value is -0.420. The summed E-state index contributed by atoms with van der Waals surface area (Å²) in [6.07, 6.45) is 0.759. The van der Waals surface area contributed by atoms with Crippen LogP contribution in [0.3, 0.4) is 0 Å². The molecular formula is C7H10O4S. The van der Waals surface area contributed by atoms with Crippen molar-refractivity contribution in [2.75, 3.05) is 24.7 Å². The Labute approximate surface area is 70.8 Å². The van der Waals surface area contributed by atoms with Crippen molar-refractivity contribution in [2.45, 2.75) is 0 Å². The van der Waals surface area contributed by atoms with Crippen LogP contribution in [0, 0.1) is 11.3 Å². The number of rotatable bonds is 1. The summed E-state index contributed by atoms with van der Waals surface area (Å²) in [7, 11) is -2.99. The van der Waals surface area contributed by atoms with E-state index >= 15 is 0 Å². The lowest BCUT2D eigenvalue weighted by Crippen LogP contribution is -2.30. The normalized spacial score (nSPS) is 44.2. The van der Waals surface area contributed by atoms with E-state index in [1.54, 1.807) is 0 Å². The van der Waals surface area contributed by atoms with Gasteiger partial charge in [0, 0.05) is 5.92 Å². The summed E-state index contributed by atoms with van der Waals surface area (Å²) in [4.78, 5) is 10.8. The predicted molar refractivity (Wildman–Crippen MR) is 41.5 cm³/mol. The molecule has 0 aromatic heterocycles. The molecule has 2 rings (SSSR count). The SMILES string of the molecule is O=C[C@@]12COC[C@H]1CS(=O)(=O)C2. The molecule has 0 aromatic rings. The third kappa shape index (κ3) is 0.998. The van der Waals surface area contributed by atoms with Crippen LogP contribution < -0.4 is 0 Å². The zero-order valence-electron chi connectivity index (χ0n) is 6.52. The molecule has 0 aliphatic carbocycles. The minimum atomic E-state index is -2.99. The van der Waals surface area contributed by atoms with Gasteiger partial charge in [0.15, 0.2) is 9.84 Å². The molecule has 0 N–H and O–H groups in total. The highest BCUT2D eigenvalue weighted by molar-refractivity contribution is 7.91. The molecule has 2 fully saturated rings. The first-order valence-electron chi connectivity index (χ1n) is 3.82. The quantitative estimate of drug-likeness (QED) is 0.510. The van der Waals surface area contributed by atoms with Crippen molar-refractivity contribution in [3.05, 3.63) is 0 Å². The van der Waals surface area contributed by atoms with E-state index in [2.05, 4.69) is 0 Å². The molecule has 68 valence electrons. The van der Waals surface area contributed by atoms with E-state index in [1.807, 2.05) is 0 Å². The number of carbonyl (C=O) groups excluding carboxylic acids is 1. The summed E-state index contributed by atoms with van der Waals surface area (Å²) in [6.45, 7) is 0.693. The van der Waals surface area contributed by atoms with Gasteiger partial charge in [-0.05, 0) is 0 Å². The molecule has 0 saturated carbocycles. The Morgan fingerprint density at radius 3 is 2.83 bits per heavy atom. The Bertz CT molecular complexity index is 307. The first kappa shape index (κ1) is 8.19. The second kappa shape index (κ2) is 2.29. The molecule has 2 saturated heterocycles. The molecule has 5 heteroatoms. The molecule has 2 aliphatic rings. The molecule has 0 bridgehead atoms. The summed E-state index contributed by atoms with van der Waals surface area (Å²) >= 11 is 0. The summed E-state index contributed by atoms with van der Waals surface area (Å²) in [5, 5.41) is 0. The topological polar surface area (TPSA) is 60.4 Å². The molecule has 4 nitrogen and oxygen atoms in total. The number of hydrogen-bond donors (Lipinski definition) is 0. The van der Waals surface area contributed by atoms with Crippen molar-refractivity contribution >= 4 is 16.1 Å². The van der Waals surface area contributed by atoms with E-state index in [0.29, 0.717) is 6.61 Å². The number of aldehydes is 1. The lowest BCUT2D eigenvalue weighted by atomic mass is 9.83. The standard InChI is InChI=1S/C7H10O4S/c8-3-7-4-11-1-6(7)2-12(9,10)5-7/h3,6H,1-2,4-5H2/t6-,7-/m0/s1. The second-order valence-corrected chi connectivity index (χ2v) is 5.73. The molecule has 0 spiro atoms. The van der Waals surface area contributed by atoms with Gasteiger partial charge in [-0.1, -0.05) is 0 Å². The van der Waals surface area contributed by atoms with Gasteiger partial charge in [-0.2, -0.15) is 0 Å². The monoisotopic (exact) mass is 190 g/mol. The van der Waals surface area contributed by atoms with Crippen LogP contribution in [0.25, 0.3) is 0 Å². The smallest absolute Gasteiger partial charge is 0.151 e. The Morgan fingerprint density at radius 2 is 2.25 bits per heavy atom. The minimum absolute atomic E-state index is 0.0197. The molecule has 2 heterocycles. The zero-order chi connectivity index (χ0) is 8.82. The van der Waals surface area contributed by atoms with E-state index in [9.17, 15) is 13.2 Å². The van der Waals surface area contributed by atoms with E-state index < -0.39 is 15.3 Å². The first-order chi connectivity index (χ1) is 5.58. The van der Waals surface area contributed by atoms with Gasteiger partial charge in [-0.3, -0.25) is 0 Å². The average molecular weight is 190 g/mol. The van der Waals surface area contributed by atoms with Crippen molar-refractivity contribution in [1.29, 1.82) is 0 Å². The van der Waals surface area contributed by atoms with Gasteiger partial charge in [0.05, 0.1) is 30.1 Å². The third-order valence-corrected chi connectivity index (χ3v) is 4.57. The first-order valence-corrected chi connectivity index (χ1v) is 5.65. The summed E-state index contributed by atoms with van der Waals surface area (Å²) < 4.78 is 27.5. The highest BCUT2D eigenvalue weighted by Crippen LogP contribution is 2.40. The maximum absolute atomic E-state index is 11.2. The van der Waals surface area contributed by atoms with Crippen LogP contribution in [-0.2, 0) is 19.4 Å². The van der Waals surface area contributed by atoms with Crippen molar-refractivity contribution in [2.24, 2.45) is 11.3 Å². The van der Waals surface area contributed by atoms with Crippen LogP contribution in [-0.4, -0.2) is 39.4 Å². The number of carbonyl (C=O) groups is 1. The minimum Gasteiger partial charge on any atom is -0.380 e. The molecule has 0 aromatic carbocycles. The molecule has 2 aliphatic heterocycles. The lowest BCUT2D eigenvalue weighted by molar-refractivity contribution is -0.116. The van der Waals surface area contributed by atoms with Crippen molar-refractivity contribution in [1.82, 2.24) is 0 Å². The fourth-order valence-electron chi connectivity index (χ4n) is 1.99. The van der Waals surface area contributed by atoms with Crippen LogP contribution in [0.4, 0.5) is 0 Å². The number of fused-ring (bicyclic) bond motifs is 1. The van der Waals surface area contributed by atoms with Crippen molar-refractivity contribution < 1.29 is 17.9 Å². The molecule has 12 heavy (non-hydrogen) atoms. The van der Waals surface area contributed by atoms with Gasteiger partial charge < -0.3 is 9.53 Å². The van der Waals surface area contributed by atoms with E-state index in [4.69, 9.17) is 4.74 Å². The molecule has 2 atom stereocenters. The maximum atomic E-state index is 11.2. The highest BCUT2D eigenvalue weighted by atomic mass is 32.2. The van der Waals surface area contributed by atoms with Crippen LogP contribution in [0.1, 0.15) is 0 Å². The van der Waals surface area contributed by atoms with Gasteiger partial charge >= 0.3 is 0 Å². The number of sulfone groups is 1. The van der Waals surface area contributed by atoms with Gasteiger partial charge in [-0.25, -0.2) is 8.42 Å². The van der Waals surface area contributed by atoms with Crippen LogP contribution >= 0.6 is 0 Å². The highest BCUT2D eigenvalue weighted by Gasteiger charge is 2.54. The largest absolute Gasteiger partial charge is 0.380 e. The van der Waals surface area contributed by atoms with Crippen LogP contribution in [0.15, 0.2) is 0 Å². The van der Waals surface area contributed by atoms with E-state index in [1.165, 1.54) is 0 Å². The van der Waals surface area contributed by atoms with E-state index in [-0.39, 0.29) is 24.0 Å². The summed E-state index contributed by atoms with van der Waals surface area (Å²) in [6, 6.07) is 0. The fraction of sp³-hybridized carbons (Fsp3) is 0.857.